The van der Waals surface area contributed by atoms with Gasteiger partial charge in [-0.25, -0.2) is 4.79 Å². The molecule has 3 aliphatic rings. The first-order chi connectivity index (χ1) is 9.42. The second kappa shape index (κ2) is 5.21. The van der Waals surface area contributed by atoms with Crippen LogP contribution in [0.5, 0.6) is 0 Å². The van der Waals surface area contributed by atoms with Gasteiger partial charge in [0.05, 0.1) is 0 Å². The fourth-order valence-corrected chi connectivity index (χ4v) is 3.61. The molecule has 0 aromatic heterocycles. The Hall–Kier alpha value is -0.770. The maximum absolute atomic E-state index is 12.3. The van der Waals surface area contributed by atoms with E-state index in [1.54, 1.807) is 0 Å². The Bertz CT molecular complexity index is 359. The number of piperidine rings is 1. The molecule has 1 N–H and O–H groups in total. The monoisotopic (exact) mass is 280 g/mol. The predicted octanol–water partition coefficient (Wildman–Crippen LogP) is 2.92. The molecule has 1 amide bonds. The molecule has 2 saturated heterocycles. The SMILES string of the molecule is CC(C)(C)OC(=O)N1C2CCC1CC(NCC1CC1)C2. The summed E-state index contributed by atoms with van der Waals surface area (Å²) >= 11 is 0. The van der Waals surface area contributed by atoms with Gasteiger partial charge in [-0.2, -0.15) is 0 Å². The van der Waals surface area contributed by atoms with Crippen molar-refractivity contribution in [3.63, 3.8) is 0 Å². The van der Waals surface area contributed by atoms with Crippen LogP contribution in [0.3, 0.4) is 0 Å². The Morgan fingerprint density at radius 3 is 2.25 bits per heavy atom. The standard InChI is InChI=1S/C16H28N2O2/c1-16(2,3)20-15(19)18-13-6-7-14(18)9-12(8-13)17-10-11-4-5-11/h11-14,17H,4-10H2,1-3H3. The van der Waals surface area contributed by atoms with Gasteiger partial charge in [-0.3, -0.25) is 0 Å². The van der Waals surface area contributed by atoms with E-state index >= 15 is 0 Å². The normalized spacial score (nSPS) is 33.4. The fraction of sp³-hybridized carbons (Fsp3) is 0.938. The summed E-state index contributed by atoms with van der Waals surface area (Å²) in [6.07, 6.45) is 7.18. The molecule has 0 aromatic carbocycles. The molecule has 4 nitrogen and oxygen atoms in total. The number of carbonyl (C=O) groups excluding carboxylic acids is 1. The summed E-state index contributed by atoms with van der Waals surface area (Å²) in [5, 5.41) is 3.71. The van der Waals surface area contributed by atoms with Gasteiger partial charge in [0, 0.05) is 18.1 Å². The number of fused-ring (bicyclic) bond motifs is 2. The van der Waals surface area contributed by atoms with E-state index in [0.29, 0.717) is 18.1 Å². The third-order valence-corrected chi connectivity index (χ3v) is 4.73. The highest BCUT2D eigenvalue weighted by Gasteiger charge is 2.44. The second-order valence-electron chi connectivity index (χ2n) is 7.79. The summed E-state index contributed by atoms with van der Waals surface area (Å²) in [6.45, 7) is 7.00. The van der Waals surface area contributed by atoms with Crippen LogP contribution in [0.25, 0.3) is 0 Å². The number of hydrogen-bond acceptors (Lipinski definition) is 3. The predicted molar refractivity (Wildman–Crippen MR) is 78.6 cm³/mol. The van der Waals surface area contributed by atoms with Crippen LogP contribution in [0.1, 0.15) is 59.3 Å². The molecule has 0 radical (unpaired) electrons. The molecule has 0 aromatic rings. The highest BCUT2D eigenvalue weighted by atomic mass is 16.6. The summed E-state index contributed by atoms with van der Waals surface area (Å²) in [6, 6.07) is 1.38. The largest absolute Gasteiger partial charge is 0.444 e. The maximum Gasteiger partial charge on any atom is 0.410 e. The number of nitrogens with zero attached hydrogens (tertiary/aromatic N) is 1. The van der Waals surface area contributed by atoms with E-state index in [0.717, 1.165) is 31.6 Å². The van der Waals surface area contributed by atoms with Crippen molar-refractivity contribution in [3.8, 4) is 0 Å². The van der Waals surface area contributed by atoms with E-state index in [9.17, 15) is 4.79 Å². The molecular formula is C16H28N2O2. The first kappa shape index (κ1) is 14.2. The topological polar surface area (TPSA) is 41.6 Å². The van der Waals surface area contributed by atoms with Crippen LogP contribution < -0.4 is 5.32 Å². The number of hydrogen-bond donors (Lipinski definition) is 1. The first-order valence-corrected chi connectivity index (χ1v) is 8.17. The minimum absolute atomic E-state index is 0.106. The van der Waals surface area contributed by atoms with Gasteiger partial charge in [0.1, 0.15) is 5.60 Å². The second-order valence-corrected chi connectivity index (χ2v) is 7.79. The Labute approximate surface area is 122 Å². The number of nitrogens with one attached hydrogen (secondary N) is 1. The number of rotatable bonds is 3. The van der Waals surface area contributed by atoms with E-state index in [1.165, 1.54) is 19.4 Å². The van der Waals surface area contributed by atoms with E-state index in [4.69, 9.17) is 4.74 Å². The molecule has 114 valence electrons. The lowest BCUT2D eigenvalue weighted by Gasteiger charge is -2.39. The van der Waals surface area contributed by atoms with E-state index < -0.39 is 5.60 Å². The van der Waals surface area contributed by atoms with Gasteiger partial charge in [-0.05, 0) is 71.8 Å². The molecule has 2 heterocycles. The molecule has 1 aliphatic carbocycles. The minimum Gasteiger partial charge on any atom is -0.444 e. The lowest BCUT2D eigenvalue weighted by molar-refractivity contribution is 0.00471. The van der Waals surface area contributed by atoms with Gasteiger partial charge in [-0.1, -0.05) is 0 Å². The van der Waals surface area contributed by atoms with Gasteiger partial charge in [0.2, 0.25) is 0 Å². The number of carbonyl (C=O) groups is 1. The highest BCUT2D eigenvalue weighted by Crippen LogP contribution is 2.37. The number of ether oxygens (including phenoxy) is 1. The summed E-state index contributed by atoms with van der Waals surface area (Å²) in [5.41, 5.74) is -0.391. The van der Waals surface area contributed by atoms with Crippen molar-refractivity contribution in [2.45, 2.75) is 83.0 Å². The Morgan fingerprint density at radius 1 is 1.15 bits per heavy atom. The van der Waals surface area contributed by atoms with Gasteiger partial charge in [-0.15, -0.1) is 0 Å². The Kier molecular flexibility index (Phi) is 3.69. The highest BCUT2D eigenvalue weighted by molar-refractivity contribution is 5.69. The van der Waals surface area contributed by atoms with Crippen LogP contribution in [0.2, 0.25) is 0 Å². The summed E-state index contributed by atoms with van der Waals surface area (Å²) < 4.78 is 5.57. The lowest BCUT2D eigenvalue weighted by Crippen LogP contribution is -2.52. The smallest absolute Gasteiger partial charge is 0.410 e. The van der Waals surface area contributed by atoms with Gasteiger partial charge < -0.3 is 15.0 Å². The van der Waals surface area contributed by atoms with Gasteiger partial charge in [0.25, 0.3) is 0 Å². The van der Waals surface area contributed by atoms with E-state index in [-0.39, 0.29) is 6.09 Å². The molecule has 0 spiro atoms. The van der Waals surface area contributed by atoms with Crippen molar-refractivity contribution >= 4 is 6.09 Å². The van der Waals surface area contributed by atoms with Gasteiger partial charge >= 0.3 is 6.09 Å². The fourth-order valence-electron chi connectivity index (χ4n) is 3.61. The molecule has 1 saturated carbocycles. The summed E-state index contributed by atoms with van der Waals surface area (Å²) in [4.78, 5) is 14.4. The lowest BCUT2D eigenvalue weighted by atomic mass is 9.97. The molecule has 2 bridgehead atoms. The summed E-state index contributed by atoms with van der Waals surface area (Å²) in [5.74, 6) is 0.927. The van der Waals surface area contributed by atoms with Crippen LogP contribution in [-0.2, 0) is 4.74 Å². The van der Waals surface area contributed by atoms with Gasteiger partial charge in [0.15, 0.2) is 0 Å². The third-order valence-electron chi connectivity index (χ3n) is 4.73. The first-order valence-electron chi connectivity index (χ1n) is 8.17. The van der Waals surface area contributed by atoms with Crippen LogP contribution in [0.4, 0.5) is 4.79 Å². The quantitative estimate of drug-likeness (QED) is 0.864. The number of amides is 1. The zero-order valence-electron chi connectivity index (χ0n) is 13.0. The van der Waals surface area contributed by atoms with Crippen molar-refractivity contribution in [1.82, 2.24) is 10.2 Å². The molecule has 2 atom stereocenters. The molecule has 20 heavy (non-hydrogen) atoms. The molecular weight excluding hydrogens is 252 g/mol. The Balaban J connectivity index is 1.55. The molecule has 2 aliphatic heterocycles. The average molecular weight is 280 g/mol. The van der Waals surface area contributed by atoms with Crippen molar-refractivity contribution in [1.29, 1.82) is 0 Å². The van der Waals surface area contributed by atoms with Crippen LogP contribution in [0.15, 0.2) is 0 Å². The Morgan fingerprint density at radius 2 is 1.75 bits per heavy atom. The van der Waals surface area contributed by atoms with Crippen molar-refractivity contribution in [3.05, 3.63) is 0 Å². The van der Waals surface area contributed by atoms with E-state index in [2.05, 4.69) is 5.32 Å². The zero-order chi connectivity index (χ0) is 14.3. The van der Waals surface area contributed by atoms with E-state index in [1.807, 2.05) is 25.7 Å². The molecule has 2 unspecified atom stereocenters. The molecule has 3 fully saturated rings. The van der Waals surface area contributed by atoms with Crippen molar-refractivity contribution in [2.24, 2.45) is 5.92 Å². The van der Waals surface area contributed by atoms with Crippen LogP contribution in [0, 0.1) is 5.92 Å². The van der Waals surface area contributed by atoms with Crippen LogP contribution in [-0.4, -0.2) is 41.3 Å². The van der Waals surface area contributed by atoms with Crippen molar-refractivity contribution in [2.75, 3.05) is 6.54 Å². The average Bonchev–Trinajstić information content (AvgIpc) is 3.10. The maximum atomic E-state index is 12.3. The molecule has 4 heteroatoms. The minimum atomic E-state index is -0.391. The third kappa shape index (κ3) is 3.27. The zero-order valence-corrected chi connectivity index (χ0v) is 13.0. The summed E-state index contributed by atoms with van der Waals surface area (Å²) in [7, 11) is 0. The molecule has 3 rings (SSSR count). The van der Waals surface area contributed by atoms with Crippen LogP contribution >= 0.6 is 0 Å². The van der Waals surface area contributed by atoms with Crippen molar-refractivity contribution < 1.29 is 9.53 Å².